The molecule has 0 aliphatic rings. The third-order valence-electron chi connectivity index (χ3n) is 3.49. The predicted octanol–water partition coefficient (Wildman–Crippen LogP) is 3.24. The van der Waals surface area contributed by atoms with Crippen molar-refractivity contribution in [2.24, 2.45) is 4.88 Å². The molecule has 0 aromatic carbocycles. The van der Waals surface area contributed by atoms with E-state index < -0.39 is 7.87 Å². The molecule has 0 radical (unpaired) electrons. The maximum Gasteiger partial charge on any atom is 0.450 e. The summed E-state index contributed by atoms with van der Waals surface area (Å²) in [5, 5.41) is 0. The molecule has 0 aromatic heterocycles. The van der Waals surface area contributed by atoms with Gasteiger partial charge >= 0.3 is 12.8 Å². The molecule has 0 spiro atoms. The average molecular weight is 290 g/mol. The second-order valence-corrected chi connectivity index (χ2v) is 7.09. The van der Waals surface area contributed by atoms with Crippen molar-refractivity contribution >= 4 is 7.87 Å². The van der Waals surface area contributed by atoms with Crippen LogP contribution in [0, 0.1) is 5.53 Å². The van der Waals surface area contributed by atoms with Crippen LogP contribution in [0.5, 0.6) is 0 Å². The van der Waals surface area contributed by atoms with Gasteiger partial charge in [0.15, 0.2) is 0 Å². The van der Waals surface area contributed by atoms with E-state index in [1.807, 2.05) is 0 Å². The Bertz CT molecular complexity index is 249. The molecular weight excluding hydrogens is 259 g/mol. The van der Waals surface area contributed by atoms with Crippen LogP contribution < -0.4 is 4.91 Å². The molecule has 0 aliphatic carbocycles. The Morgan fingerprint density at radius 3 is 1.16 bits per heavy atom. The van der Waals surface area contributed by atoms with Crippen LogP contribution in [0.25, 0.3) is 0 Å². The molecule has 7 heteroatoms. The van der Waals surface area contributed by atoms with E-state index in [1.165, 1.54) is 0 Å². The van der Waals surface area contributed by atoms with Crippen molar-refractivity contribution in [3.63, 3.8) is 0 Å². The molecule has 19 heavy (non-hydrogen) atoms. The van der Waals surface area contributed by atoms with Gasteiger partial charge in [0.25, 0.3) is 4.91 Å². The van der Waals surface area contributed by atoms with Gasteiger partial charge in [0, 0.05) is 39.3 Å². The molecule has 0 aliphatic heterocycles. The van der Waals surface area contributed by atoms with Crippen LogP contribution in [0.4, 0.5) is 0 Å². The van der Waals surface area contributed by atoms with Crippen molar-refractivity contribution in [2.45, 2.75) is 41.5 Å². The Balaban J connectivity index is 5.90. The normalized spacial score (nSPS) is 12.3. The molecule has 0 fully saturated rings. The van der Waals surface area contributed by atoms with Gasteiger partial charge in [-0.2, -0.15) is 0 Å². The molecule has 112 valence electrons. The summed E-state index contributed by atoms with van der Waals surface area (Å²) in [6, 6.07) is 0. The number of rotatable bonds is 10. The number of hydrogen-bond donors (Lipinski definition) is 1. The zero-order chi connectivity index (χ0) is 14.9. The van der Waals surface area contributed by atoms with E-state index in [2.05, 4.69) is 65.4 Å². The molecule has 0 saturated heterocycles. The third kappa shape index (κ3) is 3.80. The first-order valence-electron chi connectivity index (χ1n) is 7.36. The standard InChI is InChI=1S/C12H31N6P/c1-7-16(8-2)19(15-14-13,17(9-3)10-4)18(11-5)12-6/h13H,7-12H2,1-6H3/q+2. The quantitative estimate of drug-likeness (QED) is 0.382. The topological polar surface area (TPSA) is 60.0 Å². The van der Waals surface area contributed by atoms with Crippen LogP contribution in [0.15, 0.2) is 4.88 Å². The van der Waals surface area contributed by atoms with Gasteiger partial charge in [0.2, 0.25) is 0 Å². The van der Waals surface area contributed by atoms with E-state index >= 15 is 0 Å². The second-order valence-electron chi connectivity index (χ2n) is 4.14. The molecule has 0 saturated carbocycles. The van der Waals surface area contributed by atoms with Gasteiger partial charge in [0.1, 0.15) is 5.53 Å². The fraction of sp³-hybridized carbons (Fsp3) is 1.00. The minimum atomic E-state index is -2.06. The van der Waals surface area contributed by atoms with Gasteiger partial charge in [0.05, 0.1) is 0 Å². The van der Waals surface area contributed by atoms with Gasteiger partial charge in [-0.1, -0.05) is 0 Å². The van der Waals surface area contributed by atoms with Gasteiger partial charge in [-0.25, -0.2) is 0 Å². The van der Waals surface area contributed by atoms with E-state index in [4.69, 9.17) is 5.53 Å². The number of nitrogens with one attached hydrogen (secondary N) is 1. The fourth-order valence-corrected chi connectivity index (χ4v) is 6.39. The minimum Gasteiger partial charge on any atom is -0.122 e. The van der Waals surface area contributed by atoms with Crippen LogP contribution in [0.1, 0.15) is 41.5 Å². The third-order valence-corrected chi connectivity index (χ3v) is 7.80. The number of nitrogens with zero attached hydrogens (tertiary/aromatic N) is 5. The lowest BCUT2D eigenvalue weighted by Gasteiger charge is -2.37. The molecule has 0 heterocycles. The van der Waals surface area contributed by atoms with Gasteiger partial charge in [-0.15, -0.1) is 14.0 Å². The van der Waals surface area contributed by atoms with Crippen LogP contribution in [-0.2, 0) is 0 Å². The van der Waals surface area contributed by atoms with Crippen LogP contribution in [0.3, 0.4) is 0 Å². The lowest BCUT2D eigenvalue weighted by atomic mass is 10.7. The second kappa shape index (κ2) is 9.51. The van der Waals surface area contributed by atoms with Crippen molar-refractivity contribution in [3.8, 4) is 0 Å². The highest BCUT2D eigenvalue weighted by molar-refractivity contribution is 7.67. The largest absolute Gasteiger partial charge is 0.450 e. The monoisotopic (exact) mass is 290 g/mol. The van der Waals surface area contributed by atoms with Gasteiger partial charge < -0.3 is 0 Å². The highest BCUT2D eigenvalue weighted by Gasteiger charge is 2.61. The van der Waals surface area contributed by atoms with Gasteiger partial charge in [-0.3, -0.25) is 0 Å². The van der Waals surface area contributed by atoms with Crippen molar-refractivity contribution in [1.82, 2.24) is 18.9 Å². The molecule has 0 bridgehead atoms. The summed E-state index contributed by atoms with van der Waals surface area (Å²) in [5.41, 5.74) is 7.30. The smallest absolute Gasteiger partial charge is 0.122 e. The summed E-state index contributed by atoms with van der Waals surface area (Å²) in [6.07, 6.45) is 0. The summed E-state index contributed by atoms with van der Waals surface area (Å²) >= 11 is 0. The molecule has 0 unspecified atom stereocenters. The lowest BCUT2D eigenvalue weighted by molar-refractivity contribution is 0.327. The highest BCUT2D eigenvalue weighted by atomic mass is 31.2. The van der Waals surface area contributed by atoms with Crippen LogP contribution in [-0.4, -0.2) is 53.3 Å². The van der Waals surface area contributed by atoms with Gasteiger partial charge in [-0.05, 0) is 41.5 Å². The zero-order valence-corrected chi connectivity index (χ0v) is 14.3. The van der Waals surface area contributed by atoms with Crippen LogP contribution in [0.2, 0.25) is 0 Å². The molecule has 6 nitrogen and oxygen atoms in total. The summed E-state index contributed by atoms with van der Waals surface area (Å²) in [4.78, 5) is 7.92. The maximum atomic E-state index is 7.30. The van der Waals surface area contributed by atoms with E-state index in [1.54, 1.807) is 0 Å². The SMILES string of the molecule is CCN(CC)[P+](N=[N+]=N)(N(CC)CC)N(CC)CC. The van der Waals surface area contributed by atoms with E-state index in [0.717, 1.165) is 39.3 Å². The first-order valence-corrected chi connectivity index (χ1v) is 8.96. The molecule has 0 aromatic rings. The molecule has 0 rings (SSSR count). The predicted molar refractivity (Wildman–Crippen MR) is 83.0 cm³/mol. The molecule has 0 atom stereocenters. The maximum absolute atomic E-state index is 7.30. The summed E-state index contributed by atoms with van der Waals surface area (Å²) in [5.74, 6) is 0. The van der Waals surface area contributed by atoms with Crippen LogP contribution >= 0.6 is 7.87 Å². The fourth-order valence-electron chi connectivity index (χ4n) is 2.58. The lowest BCUT2D eigenvalue weighted by Crippen LogP contribution is -2.44. The van der Waals surface area contributed by atoms with Crippen molar-refractivity contribution < 1.29 is 0 Å². The Hall–Kier alpha value is -0.380. The summed E-state index contributed by atoms with van der Waals surface area (Å²) in [7, 11) is -2.06. The van der Waals surface area contributed by atoms with E-state index in [0.29, 0.717) is 0 Å². The first-order chi connectivity index (χ1) is 9.12. The van der Waals surface area contributed by atoms with Crippen molar-refractivity contribution in [2.75, 3.05) is 39.3 Å². The summed E-state index contributed by atoms with van der Waals surface area (Å²) in [6.45, 7) is 18.5. The first kappa shape index (κ1) is 18.6. The van der Waals surface area contributed by atoms with E-state index in [-0.39, 0.29) is 0 Å². The molecule has 1 N–H and O–H groups in total. The highest BCUT2D eigenvalue weighted by Crippen LogP contribution is 2.68. The van der Waals surface area contributed by atoms with E-state index in [9.17, 15) is 0 Å². The van der Waals surface area contributed by atoms with Crippen molar-refractivity contribution in [3.05, 3.63) is 0 Å². The Morgan fingerprint density at radius 1 is 0.737 bits per heavy atom. The average Bonchev–Trinajstić information content (AvgIpc) is 2.42. The Kier molecular flexibility index (Phi) is 9.32. The zero-order valence-electron chi connectivity index (χ0n) is 13.4. The number of hydrogen-bond acceptors (Lipinski definition) is 5. The summed E-state index contributed by atoms with van der Waals surface area (Å²) < 4.78 is 7.14. The molecule has 0 amide bonds. The Morgan fingerprint density at radius 2 is 1.00 bits per heavy atom. The minimum absolute atomic E-state index is 0.927. The Labute approximate surface area is 118 Å². The van der Waals surface area contributed by atoms with Crippen molar-refractivity contribution in [1.29, 1.82) is 5.53 Å². The molecular formula is C12H31N6P+2.